The lowest BCUT2D eigenvalue weighted by molar-refractivity contribution is 0.412. The molecule has 76 valence electrons. The minimum absolute atomic E-state index is 0.859. The largest absolute Gasteiger partial charge is 0.497 e. The Labute approximate surface area is 87.7 Å². The predicted octanol–water partition coefficient (Wildman–Crippen LogP) is 2.45. The number of nitrogens with zero attached hydrogens (tertiary/aromatic N) is 1. The molecule has 1 aromatic carbocycles. The number of rotatable bonds is 1. The van der Waals surface area contributed by atoms with E-state index in [1.165, 1.54) is 11.1 Å². The lowest BCUT2D eigenvalue weighted by Crippen LogP contribution is -2.01. The van der Waals surface area contributed by atoms with Gasteiger partial charge in [-0.15, -0.1) is 0 Å². The van der Waals surface area contributed by atoms with Crippen LogP contribution < -0.4 is 4.74 Å². The van der Waals surface area contributed by atoms with Gasteiger partial charge in [-0.3, -0.25) is 0 Å². The second-order valence-electron chi connectivity index (χ2n) is 3.70. The summed E-state index contributed by atoms with van der Waals surface area (Å²) in [6, 6.07) is 6.10. The van der Waals surface area contributed by atoms with Gasteiger partial charge in [0.25, 0.3) is 0 Å². The van der Waals surface area contributed by atoms with Crippen LogP contribution >= 0.6 is 0 Å². The van der Waals surface area contributed by atoms with E-state index in [1.807, 2.05) is 12.1 Å². The van der Waals surface area contributed by atoms with E-state index in [2.05, 4.69) is 11.2 Å². The number of hydrogen-bond donors (Lipinski definition) is 0. The molecule has 0 atom stereocenters. The molecule has 0 bridgehead atoms. The molecule has 0 saturated carbocycles. The summed E-state index contributed by atoms with van der Waals surface area (Å²) >= 11 is 0. The molecule has 15 heavy (non-hydrogen) atoms. The Kier molecular flexibility index (Phi) is 1.78. The Morgan fingerprint density at radius 2 is 2.13 bits per heavy atom. The first-order valence-corrected chi connectivity index (χ1v) is 4.99. The van der Waals surface area contributed by atoms with Gasteiger partial charge in [0.1, 0.15) is 5.75 Å². The van der Waals surface area contributed by atoms with Crippen molar-refractivity contribution in [1.29, 1.82) is 0 Å². The van der Waals surface area contributed by atoms with Crippen LogP contribution in [-0.4, -0.2) is 12.3 Å². The molecule has 0 unspecified atom stereocenters. The fourth-order valence-electron chi connectivity index (χ4n) is 2.04. The fraction of sp³-hybridized carbons (Fsp3) is 0.250. The maximum absolute atomic E-state index is 5.28. The van der Waals surface area contributed by atoms with Crippen LogP contribution in [0.25, 0.3) is 11.3 Å². The number of benzene rings is 1. The molecule has 0 N–H and O–H groups in total. The molecule has 0 amide bonds. The first kappa shape index (κ1) is 8.53. The monoisotopic (exact) mass is 201 g/mol. The Balaban J connectivity index is 2.21. The van der Waals surface area contributed by atoms with Crippen LogP contribution in [0.3, 0.4) is 0 Å². The molecule has 0 spiro atoms. The van der Waals surface area contributed by atoms with Gasteiger partial charge in [0.05, 0.1) is 13.3 Å². The third-order valence-electron chi connectivity index (χ3n) is 2.87. The normalized spacial score (nSPS) is 13.1. The number of methoxy groups -OCH3 is 1. The van der Waals surface area contributed by atoms with E-state index in [1.54, 1.807) is 13.3 Å². The fourth-order valence-corrected chi connectivity index (χ4v) is 2.04. The zero-order valence-corrected chi connectivity index (χ0v) is 8.49. The summed E-state index contributed by atoms with van der Waals surface area (Å²) in [4.78, 5) is 0. The van der Waals surface area contributed by atoms with Crippen LogP contribution in [0, 0.1) is 0 Å². The van der Waals surface area contributed by atoms with Crippen molar-refractivity contribution in [1.82, 2.24) is 5.16 Å². The summed E-state index contributed by atoms with van der Waals surface area (Å²) in [6.45, 7) is 0. The Morgan fingerprint density at radius 3 is 3.00 bits per heavy atom. The lowest BCUT2D eigenvalue weighted by Gasteiger charge is -2.14. The molecule has 1 aliphatic rings. The minimum atomic E-state index is 0.859. The first-order chi connectivity index (χ1) is 7.38. The average molecular weight is 201 g/mol. The third-order valence-corrected chi connectivity index (χ3v) is 2.87. The highest BCUT2D eigenvalue weighted by Gasteiger charge is 2.20. The Bertz CT molecular complexity index is 502. The smallest absolute Gasteiger partial charge is 0.170 e. The van der Waals surface area contributed by atoms with Crippen LogP contribution in [0.2, 0.25) is 0 Å². The van der Waals surface area contributed by atoms with Gasteiger partial charge in [-0.05, 0) is 30.5 Å². The molecule has 0 radical (unpaired) electrons. The van der Waals surface area contributed by atoms with Gasteiger partial charge < -0.3 is 9.26 Å². The highest BCUT2D eigenvalue weighted by atomic mass is 16.5. The number of ether oxygens (including phenoxy) is 1. The quantitative estimate of drug-likeness (QED) is 0.710. The predicted molar refractivity (Wildman–Crippen MR) is 55.9 cm³/mol. The van der Waals surface area contributed by atoms with E-state index in [4.69, 9.17) is 9.26 Å². The lowest BCUT2D eigenvalue weighted by atomic mass is 9.91. The number of hydrogen-bond acceptors (Lipinski definition) is 3. The van der Waals surface area contributed by atoms with Crippen molar-refractivity contribution in [3.05, 3.63) is 35.5 Å². The summed E-state index contributed by atoms with van der Waals surface area (Å²) in [6.07, 6.45) is 3.86. The highest BCUT2D eigenvalue weighted by molar-refractivity contribution is 5.69. The van der Waals surface area contributed by atoms with Gasteiger partial charge >= 0.3 is 0 Å². The zero-order valence-electron chi connectivity index (χ0n) is 8.49. The standard InChI is InChI=1S/C12H11NO2/c1-14-10-5-4-8-2-3-9-7-13-15-12(9)11(8)6-10/h4-7H,2-3H2,1H3. The van der Waals surface area contributed by atoms with Gasteiger partial charge in [-0.1, -0.05) is 11.2 Å². The maximum Gasteiger partial charge on any atom is 0.170 e. The molecule has 1 aromatic heterocycles. The SMILES string of the molecule is COc1ccc2c(c1)-c1oncc1CC2. The van der Waals surface area contributed by atoms with Crippen molar-refractivity contribution in [2.24, 2.45) is 0 Å². The minimum Gasteiger partial charge on any atom is -0.497 e. The highest BCUT2D eigenvalue weighted by Crippen LogP contribution is 2.35. The molecule has 0 saturated heterocycles. The molecule has 1 aliphatic carbocycles. The summed E-state index contributed by atoms with van der Waals surface area (Å²) in [5, 5.41) is 3.84. The maximum atomic E-state index is 5.28. The van der Waals surface area contributed by atoms with Gasteiger partial charge in [0, 0.05) is 11.1 Å². The van der Waals surface area contributed by atoms with Crippen molar-refractivity contribution < 1.29 is 9.26 Å². The molecule has 0 fully saturated rings. The molecule has 3 nitrogen and oxygen atoms in total. The molecule has 2 aromatic rings. The second kappa shape index (κ2) is 3.12. The van der Waals surface area contributed by atoms with Crippen LogP contribution in [0.15, 0.2) is 28.9 Å². The molecular weight excluding hydrogens is 190 g/mol. The van der Waals surface area contributed by atoms with Gasteiger partial charge in [-0.2, -0.15) is 0 Å². The first-order valence-electron chi connectivity index (χ1n) is 4.99. The van der Waals surface area contributed by atoms with Crippen LogP contribution in [-0.2, 0) is 12.8 Å². The summed E-state index contributed by atoms with van der Waals surface area (Å²) in [5.74, 6) is 1.76. The van der Waals surface area contributed by atoms with E-state index >= 15 is 0 Å². The molecule has 3 heteroatoms. The van der Waals surface area contributed by atoms with Crippen molar-refractivity contribution in [2.45, 2.75) is 12.8 Å². The van der Waals surface area contributed by atoms with E-state index in [9.17, 15) is 0 Å². The van der Waals surface area contributed by atoms with E-state index in [0.29, 0.717) is 0 Å². The van der Waals surface area contributed by atoms with Crippen molar-refractivity contribution in [2.75, 3.05) is 7.11 Å². The van der Waals surface area contributed by atoms with Gasteiger partial charge in [-0.25, -0.2) is 0 Å². The number of aryl methyl sites for hydroxylation is 2. The number of aromatic nitrogens is 1. The topological polar surface area (TPSA) is 35.3 Å². The van der Waals surface area contributed by atoms with Crippen LogP contribution in [0.1, 0.15) is 11.1 Å². The van der Waals surface area contributed by atoms with Crippen molar-refractivity contribution in [3.63, 3.8) is 0 Å². The second-order valence-corrected chi connectivity index (χ2v) is 3.70. The van der Waals surface area contributed by atoms with Crippen molar-refractivity contribution >= 4 is 0 Å². The Morgan fingerprint density at radius 1 is 1.27 bits per heavy atom. The van der Waals surface area contributed by atoms with Crippen LogP contribution in [0.4, 0.5) is 0 Å². The number of fused-ring (bicyclic) bond motifs is 3. The van der Waals surface area contributed by atoms with Crippen molar-refractivity contribution in [3.8, 4) is 17.1 Å². The zero-order chi connectivity index (χ0) is 10.3. The van der Waals surface area contributed by atoms with Gasteiger partial charge in [0.15, 0.2) is 5.76 Å². The summed E-state index contributed by atoms with van der Waals surface area (Å²) < 4.78 is 10.5. The van der Waals surface area contributed by atoms with Gasteiger partial charge in [0.2, 0.25) is 0 Å². The Hall–Kier alpha value is -1.77. The summed E-state index contributed by atoms with van der Waals surface area (Å²) in [7, 11) is 1.67. The third kappa shape index (κ3) is 1.23. The van der Waals surface area contributed by atoms with E-state index < -0.39 is 0 Å². The molecule has 0 aliphatic heterocycles. The molecule has 1 heterocycles. The van der Waals surface area contributed by atoms with Crippen LogP contribution in [0.5, 0.6) is 5.75 Å². The summed E-state index contributed by atoms with van der Waals surface area (Å²) in [5.41, 5.74) is 3.61. The molecule has 3 rings (SSSR count). The van der Waals surface area contributed by atoms with E-state index in [-0.39, 0.29) is 0 Å². The molecular formula is C12H11NO2. The average Bonchev–Trinajstić information content (AvgIpc) is 2.76. The van der Waals surface area contributed by atoms with E-state index in [0.717, 1.165) is 29.9 Å².